The standard InChI is InChI=1S/C31H28N4O2S/c36-30-28(38-31(32-30)34-17-8-3-9-18-34)20-25-21-35(26-14-6-2-7-15-26)33-29(25)24-13-10-16-27(19-24)37-22-23-11-4-1-5-12-23/h1-2,4-7,10-16,19-21H,3,8-9,17-18,22H2. The van der Waals surface area contributed by atoms with Gasteiger partial charge >= 0.3 is 0 Å². The van der Waals surface area contributed by atoms with Crippen LogP contribution in [0.3, 0.4) is 0 Å². The number of rotatable bonds is 6. The molecule has 38 heavy (non-hydrogen) atoms. The molecule has 6 nitrogen and oxygen atoms in total. The quantitative estimate of drug-likeness (QED) is 0.269. The fourth-order valence-corrected chi connectivity index (χ4v) is 5.62. The second-order valence-corrected chi connectivity index (χ2v) is 10.4. The van der Waals surface area contributed by atoms with Gasteiger partial charge in [0.1, 0.15) is 18.1 Å². The predicted octanol–water partition coefficient (Wildman–Crippen LogP) is 6.57. The molecule has 2 aliphatic heterocycles. The zero-order chi connectivity index (χ0) is 25.7. The van der Waals surface area contributed by atoms with Gasteiger partial charge in [-0.05, 0) is 66.9 Å². The number of carbonyl (C=O) groups is 1. The minimum absolute atomic E-state index is 0.186. The van der Waals surface area contributed by atoms with E-state index >= 15 is 0 Å². The molecule has 3 heterocycles. The van der Waals surface area contributed by atoms with Crippen molar-refractivity contribution in [2.24, 2.45) is 4.99 Å². The second-order valence-electron chi connectivity index (χ2n) is 9.37. The Morgan fingerprint density at radius 2 is 1.66 bits per heavy atom. The highest BCUT2D eigenvalue weighted by atomic mass is 32.2. The fourth-order valence-electron chi connectivity index (χ4n) is 4.66. The van der Waals surface area contributed by atoms with E-state index in [0.29, 0.717) is 11.5 Å². The van der Waals surface area contributed by atoms with Crippen LogP contribution in [-0.4, -0.2) is 38.8 Å². The maximum absolute atomic E-state index is 12.9. The van der Waals surface area contributed by atoms with Crippen LogP contribution >= 0.6 is 11.8 Å². The molecule has 0 spiro atoms. The van der Waals surface area contributed by atoms with E-state index in [1.807, 2.05) is 102 Å². The Balaban J connectivity index is 1.32. The molecule has 3 aromatic carbocycles. The maximum atomic E-state index is 12.9. The third kappa shape index (κ3) is 5.43. The summed E-state index contributed by atoms with van der Waals surface area (Å²) in [6.45, 7) is 2.40. The van der Waals surface area contributed by atoms with Gasteiger partial charge in [-0.25, -0.2) is 4.68 Å². The number of para-hydroxylation sites is 1. The molecule has 0 saturated carbocycles. The lowest BCUT2D eigenvalue weighted by atomic mass is 10.1. The van der Waals surface area contributed by atoms with E-state index < -0.39 is 0 Å². The van der Waals surface area contributed by atoms with Crippen LogP contribution in [0.4, 0.5) is 0 Å². The van der Waals surface area contributed by atoms with Crippen LogP contribution in [0.1, 0.15) is 30.4 Å². The average Bonchev–Trinajstić information content (AvgIpc) is 3.57. The lowest BCUT2D eigenvalue weighted by Crippen LogP contribution is -2.33. The summed E-state index contributed by atoms with van der Waals surface area (Å²) in [5.74, 6) is 0.579. The molecule has 0 bridgehead atoms. The number of ether oxygens (including phenoxy) is 1. The number of piperidine rings is 1. The summed E-state index contributed by atoms with van der Waals surface area (Å²) in [5.41, 5.74) is 4.62. The number of amides is 1. The van der Waals surface area contributed by atoms with E-state index in [0.717, 1.165) is 64.9 Å². The Kier molecular flexibility index (Phi) is 7.09. The highest BCUT2D eigenvalue weighted by Gasteiger charge is 2.27. The molecule has 0 N–H and O–H groups in total. The number of aliphatic imine (C=N–C) groups is 1. The van der Waals surface area contributed by atoms with E-state index in [-0.39, 0.29) is 5.91 Å². The monoisotopic (exact) mass is 520 g/mol. The van der Waals surface area contributed by atoms with Crippen LogP contribution < -0.4 is 4.74 Å². The third-order valence-electron chi connectivity index (χ3n) is 6.64. The number of hydrogen-bond acceptors (Lipinski definition) is 5. The summed E-state index contributed by atoms with van der Waals surface area (Å²) in [6.07, 6.45) is 7.42. The van der Waals surface area contributed by atoms with Gasteiger partial charge in [0.2, 0.25) is 0 Å². The lowest BCUT2D eigenvalue weighted by Gasteiger charge is -2.27. The minimum atomic E-state index is -0.186. The highest BCUT2D eigenvalue weighted by Crippen LogP contribution is 2.34. The molecule has 1 fully saturated rings. The molecular formula is C31H28N4O2S. The molecule has 0 unspecified atom stereocenters. The molecule has 0 radical (unpaired) electrons. The fraction of sp³-hybridized carbons (Fsp3) is 0.194. The molecule has 1 amide bonds. The number of nitrogens with zero attached hydrogens (tertiary/aromatic N) is 4. The molecule has 4 aromatic rings. The number of carbonyl (C=O) groups excluding carboxylic acids is 1. The van der Waals surface area contributed by atoms with Crippen LogP contribution in [0.2, 0.25) is 0 Å². The zero-order valence-electron chi connectivity index (χ0n) is 21.0. The van der Waals surface area contributed by atoms with Crippen LogP contribution in [0.5, 0.6) is 5.75 Å². The largest absolute Gasteiger partial charge is 0.489 e. The topological polar surface area (TPSA) is 59.7 Å². The molecular weight excluding hydrogens is 492 g/mol. The molecule has 190 valence electrons. The van der Waals surface area contributed by atoms with Gasteiger partial charge < -0.3 is 9.64 Å². The SMILES string of the molecule is O=C1N=C(N2CCCCC2)SC1=Cc1cn(-c2ccccc2)nc1-c1cccc(OCc2ccccc2)c1. The van der Waals surface area contributed by atoms with Gasteiger partial charge in [0.05, 0.1) is 10.6 Å². The van der Waals surface area contributed by atoms with Crippen LogP contribution in [0.15, 0.2) is 101 Å². The molecule has 2 aliphatic rings. The van der Waals surface area contributed by atoms with Crippen LogP contribution in [0, 0.1) is 0 Å². The number of amidine groups is 1. The first kappa shape index (κ1) is 24.2. The van der Waals surface area contributed by atoms with Gasteiger partial charge in [-0.2, -0.15) is 10.1 Å². The molecule has 6 rings (SSSR count). The average molecular weight is 521 g/mol. The number of thioether (sulfide) groups is 1. The summed E-state index contributed by atoms with van der Waals surface area (Å²) in [5, 5.41) is 5.75. The maximum Gasteiger partial charge on any atom is 0.286 e. The Morgan fingerprint density at radius 3 is 2.45 bits per heavy atom. The lowest BCUT2D eigenvalue weighted by molar-refractivity contribution is -0.113. The van der Waals surface area contributed by atoms with Crippen molar-refractivity contribution in [3.05, 3.63) is 107 Å². The van der Waals surface area contributed by atoms with E-state index in [1.165, 1.54) is 18.2 Å². The minimum Gasteiger partial charge on any atom is -0.489 e. The van der Waals surface area contributed by atoms with Crippen molar-refractivity contribution >= 4 is 28.9 Å². The Labute approximate surface area is 226 Å². The van der Waals surface area contributed by atoms with Crippen molar-refractivity contribution in [3.8, 4) is 22.7 Å². The smallest absolute Gasteiger partial charge is 0.286 e. The number of hydrogen-bond donors (Lipinski definition) is 0. The van der Waals surface area contributed by atoms with E-state index in [2.05, 4.69) is 9.89 Å². The Bertz CT molecular complexity index is 1490. The van der Waals surface area contributed by atoms with Gasteiger partial charge in [-0.15, -0.1) is 0 Å². The van der Waals surface area contributed by atoms with Crippen molar-refractivity contribution in [1.29, 1.82) is 0 Å². The molecule has 1 saturated heterocycles. The van der Waals surface area contributed by atoms with Gasteiger partial charge in [0, 0.05) is 30.4 Å². The summed E-state index contributed by atoms with van der Waals surface area (Å²) in [7, 11) is 0. The van der Waals surface area contributed by atoms with Crippen molar-refractivity contribution in [3.63, 3.8) is 0 Å². The van der Waals surface area contributed by atoms with Crippen LogP contribution in [-0.2, 0) is 11.4 Å². The summed E-state index contributed by atoms with van der Waals surface area (Å²) >= 11 is 1.46. The van der Waals surface area contributed by atoms with Gasteiger partial charge in [0.15, 0.2) is 5.17 Å². The number of aromatic nitrogens is 2. The van der Waals surface area contributed by atoms with E-state index in [1.54, 1.807) is 0 Å². The van der Waals surface area contributed by atoms with Crippen molar-refractivity contribution in [2.75, 3.05) is 13.1 Å². The molecule has 0 aliphatic carbocycles. The molecule has 1 aromatic heterocycles. The predicted molar refractivity (Wildman–Crippen MR) is 153 cm³/mol. The van der Waals surface area contributed by atoms with Gasteiger partial charge in [-0.1, -0.05) is 60.7 Å². The Hall–Kier alpha value is -4.10. The normalized spacial score (nSPS) is 16.6. The first-order chi connectivity index (χ1) is 18.7. The summed E-state index contributed by atoms with van der Waals surface area (Å²) < 4.78 is 7.94. The second kappa shape index (κ2) is 11.1. The first-order valence-corrected chi connectivity index (χ1v) is 13.7. The number of benzene rings is 3. The zero-order valence-corrected chi connectivity index (χ0v) is 21.8. The van der Waals surface area contributed by atoms with Crippen molar-refractivity contribution < 1.29 is 9.53 Å². The molecule has 0 atom stereocenters. The number of likely N-dealkylation sites (tertiary alicyclic amines) is 1. The van der Waals surface area contributed by atoms with E-state index in [4.69, 9.17) is 9.84 Å². The third-order valence-corrected chi connectivity index (χ3v) is 7.69. The Morgan fingerprint density at radius 1 is 0.895 bits per heavy atom. The van der Waals surface area contributed by atoms with Gasteiger partial charge in [0.25, 0.3) is 5.91 Å². The van der Waals surface area contributed by atoms with Crippen molar-refractivity contribution in [2.45, 2.75) is 25.9 Å². The van der Waals surface area contributed by atoms with Crippen LogP contribution in [0.25, 0.3) is 23.0 Å². The summed E-state index contributed by atoms with van der Waals surface area (Å²) in [4.78, 5) is 20.1. The molecule has 7 heteroatoms. The van der Waals surface area contributed by atoms with E-state index in [9.17, 15) is 4.79 Å². The first-order valence-electron chi connectivity index (χ1n) is 12.9. The summed E-state index contributed by atoms with van der Waals surface area (Å²) in [6, 6.07) is 28.0. The van der Waals surface area contributed by atoms with Crippen molar-refractivity contribution in [1.82, 2.24) is 14.7 Å². The van der Waals surface area contributed by atoms with Gasteiger partial charge in [-0.3, -0.25) is 4.79 Å². The highest BCUT2D eigenvalue weighted by molar-refractivity contribution is 8.18.